The summed E-state index contributed by atoms with van der Waals surface area (Å²) in [6.07, 6.45) is -3.05. The van der Waals surface area contributed by atoms with Crippen LogP contribution in [0.2, 0.25) is 0 Å². The molecule has 0 radical (unpaired) electrons. The first-order valence-corrected chi connectivity index (χ1v) is 8.05. The van der Waals surface area contributed by atoms with Crippen molar-refractivity contribution in [1.82, 2.24) is 10.2 Å². The maximum Gasteiger partial charge on any atom is 0.416 e. The normalized spacial score (nSPS) is 12.4. The Labute approximate surface area is 150 Å². The molecule has 2 amide bonds. The third kappa shape index (κ3) is 6.42. The maximum atomic E-state index is 12.9. The lowest BCUT2D eigenvalue weighted by molar-refractivity contribution is -0.138. The molecule has 1 aromatic rings. The van der Waals surface area contributed by atoms with E-state index in [0.29, 0.717) is 24.8 Å². The van der Waals surface area contributed by atoms with E-state index in [1.807, 2.05) is 0 Å². The summed E-state index contributed by atoms with van der Waals surface area (Å²) >= 11 is 0. The molecular formula is C18H23F3N2O3. The van der Waals surface area contributed by atoms with Gasteiger partial charge in [-0.2, -0.15) is 13.2 Å². The Balaban J connectivity index is 2.60. The second-order valence-electron chi connectivity index (χ2n) is 6.09. The molecule has 0 atom stereocenters. The molecule has 0 aliphatic heterocycles. The van der Waals surface area contributed by atoms with Crippen LogP contribution in [0.1, 0.15) is 30.0 Å². The number of benzene rings is 1. The first-order valence-electron chi connectivity index (χ1n) is 8.05. The number of hydrogen-bond acceptors (Lipinski definition) is 3. The SMILES string of the molecule is C/C(O)=C(\CN(C)C=O)C(=O)NCCCc1ccc(C)c(C(F)(F)F)c1. The molecule has 26 heavy (non-hydrogen) atoms. The van der Waals surface area contributed by atoms with Crippen molar-refractivity contribution < 1.29 is 27.9 Å². The minimum Gasteiger partial charge on any atom is -0.512 e. The van der Waals surface area contributed by atoms with Gasteiger partial charge in [-0.05, 0) is 43.9 Å². The van der Waals surface area contributed by atoms with Crippen molar-refractivity contribution in [2.45, 2.75) is 32.9 Å². The summed E-state index contributed by atoms with van der Waals surface area (Å²) in [6.45, 7) is 2.95. The topological polar surface area (TPSA) is 69.6 Å². The predicted octanol–water partition coefficient (Wildman–Crippen LogP) is 2.98. The van der Waals surface area contributed by atoms with Crippen LogP contribution in [0, 0.1) is 6.92 Å². The Morgan fingerprint density at radius 1 is 1.35 bits per heavy atom. The number of carbonyl (C=O) groups excluding carboxylic acids is 2. The van der Waals surface area contributed by atoms with Crippen LogP contribution in [0.5, 0.6) is 0 Å². The number of aliphatic hydroxyl groups excluding tert-OH is 1. The van der Waals surface area contributed by atoms with Crippen molar-refractivity contribution in [2.24, 2.45) is 0 Å². The van der Waals surface area contributed by atoms with Crippen LogP contribution in [0.15, 0.2) is 29.5 Å². The molecular weight excluding hydrogens is 349 g/mol. The Kier molecular flexibility index (Phi) is 7.67. The molecule has 0 heterocycles. The first-order chi connectivity index (χ1) is 12.1. The van der Waals surface area contributed by atoms with Crippen molar-refractivity contribution in [3.63, 3.8) is 0 Å². The fourth-order valence-corrected chi connectivity index (χ4v) is 2.37. The molecule has 2 N–H and O–H groups in total. The van der Waals surface area contributed by atoms with E-state index in [1.165, 1.54) is 31.9 Å². The lowest BCUT2D eigenvalue weighted by atomic mass is 10.0. The fraction of sp³-hybridized carbons (Fsp3) is 0.444. The molecule has 0 bridgehead atoms. The largest absolute Gasteiger partial charge is 0.512 e. The minimum atomic E-state index is -4.39. The molecule has 1 aromatic carbocycles. The third-order valence-corrected chi connectivity index (χ3v) is 3.83. The molecule has 0 saturated carbocycles. The van der Waals surface area contributed by atoms with E-state index in [9.17, 15) is 27.9 Å². The van der Waals surface area contributed by atoms with Crippen LogP contribution in [-0.4, -0.2) is 42.5 Å². The summed E-state index contributed by atoms with van der Waals surface area (Å²) in [4.78, 5) is 23.9. The second kappa shape index (κ2) is 9.26. The third-order valence-electron chi connectivity index (χ3n) is 3.83. The molecule has 0 fully saturated rings. The zero-order chi connectivity index (χ0) is 19.9. The number of nitrogens with zero attached hydrogens (tertiary/aromatic N) is 1. The van der Waals surface area contributed by atoms with E-state index in [1.54, 1.807) is 6.07 Å². The van der Waals surface area contributed by atoms with Crippen molar-refractivity contribution >= 4 is 12.3 Å². The highest BCUT2D eigenvalue weighted by Crippen LogP contribution is 2.32. The van der Waals surface area contributed by atoms with Gasteiger partial charge in [-0.1, -0.05) is 12.1 Å². The number of allylic oxidation sites excluding steroid dienone is 1. The van der Waals surface area contributed by atoms with Gasteiger partial charge < -0.3 is 15.3 Å². The highest BCUT2D eigenvalue weighted by atomic mass is 19.4. The van der Waals surface area contributed by atoms with E-state index in [-0.39, 0.29) is 30.0 Å². The summed E-state index contributed by atoms with van der Waals surface area (Å²) in [5.41, 5.74) is 0.111. The molecule has 8 heteroatoms. The fourth-order valence-electron chi connectivity index (χ4n) is 2.37. The van der Waals surface area contributed by atoms with E-state index in [4.69, 9.17) is 0 Å². The number of carbonyl (C=O) groups is 2. The zero-order valence-corrected chi connectivity index (χ0v) is 15.0. The summed E-state index contributed by atoms with van der Waals surface area (Å²) in [6, 6.07) is 4.19. The number of aliphatic hydroxyl groups is 1. The Morgan fingerprint density at radius 3 is 2.54 bits per heavy atom. The summed E-state index contributed by atoms with van der Waals surface area (Å²) < 4.78 is 38.7. The molecule has 0 spiro atoms. The molecule has 0 unspecified atom stereocenters. The van der Waals surface area contributed by atoms with Crippen LogP contribution >= 0.6 is 0 Å². The predicted molar refractivity (Wildman–Crippen MR) is 91.5 cm³/mol. The van der Waals surface area contributed by atoms with E-state index in [0.717, 1.165) is 6.07 Å². The van der Waals surface area contributed by atoms with Crippen molar-refractivity contribution in [2.75, 3.05) is 20.1 Å². The van der Waals surface area contributed by atoms with E-state index in [2.05, 4.69) is 5.32 Å². The number of nitrogens with one attached hydrogen (secondary N) is 1. The second-order valence-corrected chi connectivity index (χ2v) is 6.09. The number of rotatable bonds is 8. The van der Waals surface area contributed by atoms with E-state index < -0.39 is 17.6 Å². The Morgan fingerprint density at radius 2 is 2.00 bits per heavy atom. The highest BCUT2D eigenvalue weighted by Gasteiger charge is 2.32. The smallest absolute Gasteiger partial charge is 0.416 e. The van der Waals surface area contributed by atoms with Gasteiger partial charge in [-0.25, -0.2) is 0 Å². The lowest BCUT2D eigenvalue weighted by Crippen LogP contribution is -2.32. The summed E-state index contributed by atoms with van der Waals surface area (Å²) in [7, 11) is 1.47. The lowest BCUT2D eigenvalue weighted by Gasteiger charge is -2.15. The average molecular weight is 372 g/mol. The van der Waals surface area contributed by atoms with Gasteiger partial charge in [0.2, 0.25) is 6.41 Å². The van der Waals surface area contributed by atoms with Gasteiger partial charge in [0.15, 0.2) is 0 Å². The van der Waals surface area contributed by atoms with E-state index >= 15 is 0 Å². The number of halogens is 3. The number of amides is 2. The van der Waals surface area contributed by atoms with Gasteiger partial charge in [0.05, 0.1) is 23.4 Å². The van der Waals surface area contributed by atoms with Crippen molar-refractivity contribution in [3.05, 3.63) is 46.2 Å². The molecule has 1 rings (SSSR count). The number of hydrogen-bond donors (Lipinski definition) is 2. The molecule has 0 aliphatic rings. The molecule has 5 nitrogen and oxygen atoms in total. The molecule has 144 valence electrons. The monoisotopic (exact) mass is 372 g/mol. The number of aryl methyl sites for hydroxylation is 2. The van der Waals surface area contributed by atoms with Crippen LogP contribution in [-0.2, 0) is 22.2 Å². The minimum absolute atomic E-state index is 0.0371. The van der Waals surface area contributed by atoms with Crippen LogP contribution in [0.3, 0.4) is 0 Å². The summed E-state index contributed by atoms with van der Waals surface area (Å²) in [5.74, 6) is -0.705. The number of likely N-dealkylation sites (N-methyl/N-ethyl adjacent to an activating group) is 1. The van der Waals surface area contributed by atoms with Gasteiger partial charge in [0, 0.05) is 13.6 Å². The maximum absolute atomic E-state index is 12.9. The van der Waals surface area contributed by atoms with Crippen molar-refractivity contribution in [3.8, 4) is 0 Å². The van der Waals surface area contributed by atoms with Gasteiger partial charge in [-0.15, -0.1) is 0 Å². The quantitative estimate of drug-likeness (QED) is 0.319. The van der Waals surface area contributed by atoms with Gasteiger partial charge in [-0.3, -0.25) is 9.59 Å². The van der Waals surface area contributed by atoms with Gasteiger partial charge in [0.25, 0.3) is 5.91 Å². The highest BCUT2D eigenvalue weighted by molar-refractivity contribution is 5.94. The van der Waals surface area contributed by atoms with Crippen LogP contribution in [0.4, 0.5) is 13.2 Å². The van der Waals surface area contributed by atoms with Crippen LogP contribution < -0.4 is 5.32 Å². The Hall–Kier alpha value is -2.51. The van der Waals surface area contributed by atoms with Crippen molar-refractivity contribution in [1.29, 1.82) is 0 Å². The molecule has 0 saturated heterocycles. The first kappa shape index (κ1) is 21.5. The van der Waals surface area contributed by atoms with Crippen LogP contribution in [0.25, 0.3) is 0 Å². The molecule has 0 aromatic heterocycles. The number of alkyl halides is 3. The zero-order valence-electron chi connectivity index (χ0n) is 15.0. The summed E-state index contributed by atoms with van der Waals surface area (Å²) in [5, 5.41) is 12.2. The van der Waals surface area contributed by atoms with Gasteiger partial charge in [0.1, 0.15) is 0 Å². The average Bonchev–Trinajstić information content (AvgIpc) is 2.56. The van der Waals surface area contributed by atoms with Gasteiger partial charge >= 0.3 is 6.18 Å². The standard InChI is InChI=1S/C18H23F3N2O3/c1-12-6-7-14(9-16(12)18(19,20)21)5-4-8-22-17(26)15(13(2)25)10-23(3)11-24/h6-7,9,11,25H,4-5,8,10H2,1-3H3,(H,22,26)/b15-13-. The molecule has 0 aliphatic carbocycles. The Bertz CT molecular complexity index is 681.